The molecule has 1 amide bonds. The molecule has 0 spiro atoms. The quantitative estimate of drug-likeness (QED) is 0.634. The van der Waals surface area contributed by atoms with Gasteiger partial charge in [-0.2, -0.15) is 4.31 Å². The number of hydrogen-bond acceptors (Lipinski definition) is 5. The Labute approximate surface area is 198 Å². The van der Waals surface area contributed by atoms with Crippen LogP contribution in [0.4, 0.5) is 0 Å². The van der Waals surface area contributed by atoms with Crippen molar-refractivity contribution in [1.82, 2.24) is 14.1 Å². The van der Waals surface area contributed by atoms with E-state index in [9.17, 15) is 13.2 Å². The maximum absolute atomic E-state index is 13.6. The summed E-state index contributed by atoms with van der Waals surface area (Å²) in [6.07, 6.45) is -0.848. The average molecular weight is 498 g/mol. The maximum atomic E-state index is 13.6. The third-order valence-corrected chi connectivity index (χ3v) is 8.21. The van der Waals surface area contributed by atoms with Gasteiger partial charge in [0.25, 0.3) is 0 Å². The molecule has 2 aromatic rings. The summed E-state index contributed by atoms with van der Waals surface area (Å²) in [5.74, 6) is -0.149. The summed E-state index contributed by atoms with van der Waals surface area (Å²) >= 11 is 12.6. The van der Waals surface area contributed by atoms with Gasteiger partial charge in [0, 0.05) is 41.8 Å². The summed E-state index contributed by atoms with van der Waals surface area (Å²) in [4.78, 5) is 17.1. The minimum Gasteiger partial charge on any atom is -0.379 e. The number of carbonyl (C=O) groups excluding carboxylic acids is 1. The van der Waals surface area contributed by atoms with Gasteiger partial charge in [-0.3, -0.25) is 9.69 Å². The van der Waals surface area contributed by atoms with Crippen LogP contribution in [0.25, 0.3) is 0 Å². The van der Waals surface area contributed by atoms with Crippen molar-refractivity contribution in [3.8, 4) is 0 Å². The third kappa shape index (κ3) is 4.81. The van der Waals surface area contributed by atoms with Gasteiger partial charge in [-0.1, -0.05) is 47.0 Å². The number of ether oxygens (including phenoxy) is 1. The molecule has 4 rings (SSSR count). The normalized spacial score (nSPS) is 20.6. The van der Waals surface area contributed by atoms with E-state index in [-0.39, 0.29) is 30.4 Å². The molecule has 0 unspecified atom stereocenters. The summed E-state index contributed by atoms with van der Waals surface area (Å²) in [5.41, 5.74) is 1.49. The highest BCUT2D eigenvalue weighted by molar-refractivity contribution is 7.89. The SMILES string of the molecule is Cc1ccc(S(=O)(=O)N2CCN(C(=O)CN3CCOCC3)[C@H]2c2ccc(Cl)cc2Cl)cc1. The molecule has 2 aromatic carbocycles. The van der Waals surface area contributed by atoms with Crippen molar-refractivity contribution in [2.45, 2.75) is 18.0 Å². The fraction of sp³-hybridized carbons (Fsp3) is 0.409. The van der Waals surface area contributed by atoms with Gasteiger partial charge in [0.2, 0.25) is 15.9 Å². The van der Waals surface area contributed by atoms with Crippen molar-refractivity contribution in [3.63, 3.8) is 0 Å². The van der Waals surface area contributed by atoms with Gasteiger partial charge in [0.1, 0.15) is 6.17 Å². The molecule has 2 fully saturated rings. The van der Waals surface area contributed by atoms with Crippen molar-refractivity contribution < 1.29 is 17.9 Å². The predicted octanol–water partition coefficient (Wildman–Crippen LogP) is 3.17. The minimum atomic E-state index is -3.86. The Morgan fingerprint density at radius 3 is 2.38 bits per heavy atom. The number of amides is 1. The van der Waals surface area contributed by atoms with Crippen LogP contribution in [0.3, 0.4) is 0 Å². The summed E-state index contributed by atoms with van der Waals surface area (Å²) < 4.78 is 33.8. The van der Waals surface area contributed by atoms with Crippen molar-refractivity contribution in [3.05, 3.63) is 63.6 Å². The number of hydrogen-bond donors (Lipinski definition) is 0. The number of aryl methyl sites for hydroxylation is 1. The Balaban J connectivity index is 1.69. The molecular formula is C22H25Cl2N3O4S. The molecular weight excluding hydrogens is 473 g/mol. The molecule has 0 aliphatic carbocycles. The van der Waals surface area contributed by atoms with E-state index >= 15 is 0 Å². The van der Waals surface area contributed by atoms with Crippen LogP contribution in [0.15, 0.2) is 47.4 Å². The lowest BCUT2D eigenvalue weighted by molar-refractivity contribution is -0.135. The highest BCUT2D eigenvalue weighted by Crippen LogP contribution is 2.39. The van der Waals surface area contributed by atoms with Crippen LogP contribution in [-0.4, -0.2) is 74.4 Å². The van der Waals surface area contributed by atoms with Gasteiger partial charge in [-0.15, -0.1) is 0 Å². The standard InChI is InChI=1S/C22H25Cl2N3O4S/c1-16-2-5-18(6-3-16)32(29,30)27-9-8-26(21(28)15-25-10-12-31-13-11-25)22(27)19-7-4-17(23)14-20(19)24/h2-7,14,22H,8-13,15H2,1H3/t22-/m1/s1. The van der Waals surface area contributed by atoms with Gasteiger partial charge in [0.15, 0.2) is 0 Å². The predicted molar refractivity (Wildman–Crippen MR) is 123 cm³/mol. The topological polar surface area (TPSA) is 70.2 Å². The van der Waals surface area contributed by atoms with E-state index in [0.717, 1.165) is 5.56 Å². The molecule has 0 aromatic heterocycles. The Morgan fingerprint density at radius 2 is 1.72 bits per heavy atom. The Kier molecular flexibility index (Phi) is 7.09. The van der Waals surface area contributed by atoms with Crippen LogP contribution in [0.5, 0.6) is 0 Å². The molecule has 2 heterocycles. The number of nitrogens with zero attached hydrogens (tertiary/aromatic N) is 3. The Morgan fingerprint density at radius 1 is 1.03 bits per heavy atom. The van der Waals surface area contributed by atoms with Crippen LogP contribution in [0.1, 0.15) is 17.3 Å². The Hall–Kier alpha value is -1.68. The number of sulfonamides is 1. The number of morpholine rings is 1. The smallest absolute Gasteiger partial charge is 0.245 e. The second kappa shape index (κ2) is 9.67. The van der Waals surface area contributed by atoms with E-state index in [1.807, 2.05) is 11.8 Å². The van der Waals surface area contributed by atoms with Crippen LogP contribution in [-0.2, 0) is 19.6 Å². The van der Waals surface area contributed by atoms with E-state index in [2.05, 4.69) is 0 Å². The molecule has 10 heteroatoms. The van der Waals surface area contributed by atoms with Gasteiger partial charge < -0.3 is 9.64 Å². The molecule has 2 aliphatic rings. The molecule has 2 saturated heterocycles. The summed E-state index contributed by atoms with van der Waals surface area (Å²) in [7, 11) is -3.86. The first-order valence-corrected chi connectivity index (χ1v) is 12.6. The van der Waals surface area contributed by atoms with Gasteiger partial charge in [-0.25, -0.2) is 8.42 Å². The zero-order valence-corrected chi connectivity index (χ0v) is 20.0. The molecule has 2 aliphatic heterocycles. The first-order chi connectivity index (χ1) is 15.3. The van der Waals surface area contributed by atoms with Crippen LogP contribution in [0.2, 0.25) is 10.0 Å². The molecule has 32 heavy (non-hydrogen) atoms. The van der Waals surface area contributed by atoms with Gasteiger partial charge >= 0.3 is 0 Å². The van der Waals surface area contributed by atoms with Gasteiger partial charge in [0.05, 0.1) is 24.7 Å². The molecule has 0 saturated carbocycles. The lowest BCUT2D eigenvalue weighted by atomic mass is 10.1. The third-order valence-electron chi connectivity index (χ3n) is 5.78. The van der Waals surface area contributed by atoms with Gasteiger partial charge in [-0.05, 0) is 31.2 Å². The lowest BCUT2D eigenvalue weighted by Crippen LogP contribution is -2.46. The number of rotatable bonds is 5. The summed E-state index contributed by atoms with van der Waals surface area (Å²) in [6.45, 7) is 5.03. The van der Waals surface area contributed by atoms with Crippen molar-refractivity contribution in [2.24, 2.45) is 0 Å². The molecule has 7 nitrogen and oxygen atoms in total. The molecule has 0 radical (unpaired) electrons. The van der Waals surface area contributed by atoms with Crippen molar-refractivity contribution in [1.29, 1.82) is 0 Å². The summed E-state index contributed by atoms with van der Waals surface area (Å²) in [6, 6.07) is 11.6. The molecule has 172 valence electrons. The minimum absolute atomic E-state index is 0.149. The highest BCUT2D eigenvalue weighted by Gasteiger charge is 2.44. The monoisotopic (exact) mass is 497 g/mol. The van der Waals surface area contributed by atoms with Crippen molar-refractivity contribution >= 4 is 39.1 Å². The average Bonchev–Trinajstić information content (AvgIpc) is 3.21. The van der Waals surface area contributed by atoms with E-state index in [1.54, 1.807) is 47.4 Å². The fourth-order valence-electron chi connectivity index (χ4n) is 4.04. The van der Waals surface area contributed by atoms with E-state index in [0.29, 0.717) is 41.9 Å². The first kappa shape index (κ1) is 23.5. The first-order valence-electron chi connectivity index (χ1n) is 10.4. The second-order valence-corrected chi connectivity index (χ2v) is 10.7. The van der Waals surface area contributed by atoms with Crippen LogP contribution >= 0.6 is 23.2 Å². The van der Waals surface area contributed by atoms with Crippen LogP contribution < -0.4 is 0 Å². The fourth-order valence-corrected chi connectivity index (χ4v) is 6.11. The van der Waals surface area contributed by atoms with E-state index in [1.165, 1.54) is 4.31 Å². The molecule has 1 atom stereocenters. The van der Waals surface area contributed by atoms with E-state index < -0.39 is 16.2 Å². The van der Waals surface area contributed by atoms with Crippen LogP contribution in [0, 0.1) is 6.92 Å². The highest BCUT2D eigenvalue weighted by atomic mass is 35.5. The molecule has 0 bridgehead atoms. The summed E-state index contributed by atoms with van der Waals surface area (Å²) in [5, 5.41) is 0.758. The lowest BCUT2D eigenvalue weighted by Gasteiger charge is -2.33. The largest absolute Gasteiger partial charge is 0.379 e. The molecule has 0 N–H and O–H groups in total. The number of carbonyl (C=O) groups is 1. The zero-order chi connectivity index (χ0) is 22.9. The number of halogens is 2. The van der Waals surface area contributed by atoms with Crippen molar-refractivity contribution in [2.75, 3.05) is 45.9 Å². The number of benzene rings is 2. The Bertz CT molecular complexity index is 1090. The zero-order valence-electron chi connectivity index (χ0n) is 17.7. The maximum Gasteiger partial charge on any atom is 0.245 e. The second-order valence-electron chi connectivity index (χ2n) is 7.94. The van der Waals surface area contributed by atoms with E-state index in [4.69, 9.17) is 27.9 Å².